The Hall–Kier alpha value is -1.82. The molecule has 2 aromatic rings. The molecule has 0 amide bonds. The third-order valence-electron chi connectivity index (χ3n) is 3.62. The van der Waals surface area contributed by atoms with E-state index in [1.165, 1.54) is 27.8 Å². The van der Waals surface area contributed by atoms with Gasteiger partial charge in [-0.2, -0.15) is 0 Å². The second-order valence-electron chi connectivity index (χ2n) is 5.19. The molecule has 2 aromatic carbocycles. The lowest BCUT2D eigenvalue weighted by molar-refractivity contribution is 1.14. The van der Waals surface area contributed by atoms with Crippen LogP contribution in [0.4, 0.5) is 0 Å². The van der Waals surface area contributed by atoms with Crippen LogP contribution in [0.5, 0.6) is 0 Å². The molecule has 0 unspecified atom stereocenters. The average molecular weight is 296 g/mol. The van der Waals surface area contributed by atoms with Crippen LogP contribution in [0.15, 0.2) is 55.1 Å². The normalized spacial score (nSPS) is 9.00. The Kier molecular flexibility index (Phi) is 10.8. The van der Waals surface area contributed by atoms with Gasteiger partial charge in [0.25, 0.3) is 0 Å². The monoisotopic (exact) mass is 296 g/mol. The van der Waals surface area contributed by atoms with E-state index in [-0.39, 0.29) is 0 Å². The van der Waals surface area contributed by atoms with Gasteiger partial charge in [0.05, 0.1) is 0 Å². The maximum absolute atomic E-state index is 3.74. The van der Waals surface area contributed by atoms with E-state index >= 15 is 0 Å². The first-order chi connectivity index (χ1) is 10.6. The van der Waals surface area contributed by atoms with Crippen LogP contribution in [-0.2, 0) is 12.8 Å². The maximum atomic E-state index is 3.74. The quantitative estimate of drug-likeness (QED) is 0.559. The minimum Gasteiger partial charge on any atom is -0.103 e. The second kappa shape index (κ2) is 11.8. The van der Waals surface area contributed by atoms with E-state index in [1.807, 2.05) is 26.0 Å². The molecule has 0 aliphatic carbocycles. The largest absolute Gasteiger partial charge is 0.103 e. The topological polar surface area (TPSA) is 0 Å². The molecule has 0 heteroatoms. The zero-order chi connectivity index (χ0) is 17.0. The highest BCUT2D eigenvalue weighted by Crippen LogP contribution is 2.15. The minimum atomic E-state index is 0.974. The molecule has 0 atom stereocenters. The van der Waals surface area contributed by atoms with Crippen molar-refractivity contribution in [1.82, 2.24) is 0 Å². The highest BCUT2D eigenvalue weighted by Gasteiger charge is 1.98. The third kappa shape index (κ3) is 7.26. The number of hydrogen-bond donors (Lipinski definition) is 0. The summed E-state index contributed by atoms with van der Waals surface area (Å²) in [5, 5.41) is 0. The Morgan fingerprint density at radius 2 is 1.36 bits per heavy atom. The van der Waals surface area contributed by atoms with Crippen LogP contribution in [0.2, 0.25) is 0 Å². The zero-order valence-electron chi connectivity index (χ0n) is 15.2. The van der Waals surface area contributed by atoms with Crippen LogP contribution >= 0.6 is 0 Å². The maximum Gasteiger partial charge on any atom is -0.00999 e. The molecule has 0 heterocycles. The molecule has 0 nitrogen and oxygen atoms in total. The van der Waals surface area contributed by atoms with Gasteiger partial charge >= 0.3 is 0 Å². The zero-order valence-corrected chi connectivity index (χ0v) is 15.2. The fraction of sp³-hybridized carbons (Fsp3) is 0.364. The van der Waals surface area contributed by atoms with Crippen molar-refractivity contribution in [2.24, 2.45) is 0 Å². The highest BCUT2D eigenvalue weighted by atomic mass is 14.0. The number of benzene rings is 2. The fourth-order valence-electron chi connectivity index (χ4n) is 2.12. The Morgan fingerprint density at radius 3 is 1.73 bits per heavy atom. The van der Waals surface area contributed by atoms with Crippen molar-refractivity contribution in [2.45, 2.75) is 54.4 Å². The van der Waals surface area contributed by atoms with Crippen LogP contribution < -0.4 is 0 Å². The van der Waals surface area contributed by atoms with Gasteiger partial charge in [0.1, 0.15) is 0 Å². The Balaban J connectivity index is 0.000000382. The van der Waals surface area contributed by atoms with E-state index in [0.717, 1.165) is 12.8 Å². The van der Waals surface area contributed by atoms with Gasteiger partial charge in [0.15, 0.2) is 0 Å². The summed E-state index contributed by atoms with van der Waals surface area (Å²) in [6.45, 7) is 16.4. The van der Waals surface area contributed by atoms with Crippen molar-refractivity contribution in [3.63, 3.8) is 0 Å². The molecule has 2 rings (SSSR count). The molecule has 0 aliphatic heterocycles. The van der Waals surface area contributed by atoms with Crippen LogP contribution in [0, 0.1) is 20.8 Å². The highest BCUT2D eigenvalue weighted by molar-refractivity contribution is 5.37. The number of aryl methyl sites for hydroxylation is 3. The standard InChI is InChI=1S/C12H16.C8H10.C2H6/c1-5-6-12-7-9(2)11(4)10(3)8-12;1-2-8-6-4-3-5-7-8;1-2/h5,7-8H,1,6H2,2-4H3;3-7H,2H2,1H3;1-2H3. The number of hydrogen-bond acceptors (Lipinski definition) is 0. The van der Waals surface area contributed by atoms with E-state index in [1.54, 1.807) is 0 Å². The van der Waals surface area contributed by atoms with Crippen LogP contribution in [0.3, 0.4) is 0 Å². The Labute approximate surface area is 137 Å². The Bertz CT molecular complexity index is 512. The van der Waals surface area contributed by atoms with Gasteiger partial charge in [0, 0.05) is 0 Å². The molecule has 0 spiro atoms. The molecule has 0 aromatic heterocycles. The summed E-state index contributed by atoms with van der Waals surface area (Å²) in [5.41, 5.74) is 6.94. The van der Waals surface area contributed by atoms with Gasteiger partial charge in [-0.05, 0) is 61.4 Å². The molecule has 0 aliphatic rings. The summed E-state index contributed by atoms with van der Waals surface area (Å²) in [5.74, 6) is 0. The van der Waals surface area contributed by atoms with Crippen LogP contribution in [0.25, 0.3) is 0 Å². The van der Waals surface area contributed by atoms with Gasteiger partial charge in [-0.15, -0.1) is 6.58 Å². The minimum absolute atomic E-state index is 0.974. The van der Waals surface area contributed by atoms with Crippen molar-refractivity contribution in [2.75, 3.05) is 0 Å². The molecule has 0 radical (unpaired) electrons. The van der Waals surface area contributed by atoms with Gasteiger partial charge in [0.2, 0.25) is 0 Å². The van der Waals surface area contributed by atoms with E-state index in [0.29, 0.717) is 0 Å². The summed E-state index contributed by atoms with van der Waals surface area (Å²) < 4.78 is 0. The predicted molar refractivity (Wildman–Crippen MR) is 102 cm³/mol. The van der Waals surface area contributed by atoms with Crippen molar-refractivity contribution in [1.29, 1.82) is 0 Å². The van der Waals surface area contributed by atoms with Gasteiger partial charge in [-0.3, -0.25) is 0 Å². The summed E-state index contributed by atoms with van der Waals surface area (Å²) in [4.78, 5) is 0. The second-order valence-corrected chi connectivity index (χ2v) is 5.19. The lowest BCUT2D eigenvalue weighted by Crippen LogP contribution is -1.90. The van der Waals surface area contributed by atoms with Crippen molar-refractivity contribution in [3.05, 3.63) is 82.9 Å². The van der Waals surface area contributed by atoms with Crippen molar-refractivity contribution < 1.29 is 0 Å². The molecule has 0 fully saturated rings. The smallest absolute Gasteiger partial charge is 0.00999 e. The predicted octanol–water partition coefficient (Wildman–Crippen LogP) is 6.62. The molecular formula is C22H32. The number of rotatable bonds is 3. The summed E-state index contributed by atoms with van der Waals surface area (Å²) >= 11 is 0. The molecule has 120 valence electrons. The lowest BCUT2D eigenvalue weighted by Gasteiger charge is -2.07. The van der Waals surface area contributed by atoms with Crippen molar-refractivity contribution in [3.8, 4) is 0 Å². The van der Waals surface area contributed by atoms with E-state index in [9.17, 15) is 0 Å². The van der Waals surface area contributed by atoms with E-state index in [2.05, 4.69) is 70.7 Å². The van der Waals surface area contributed by atoms with Crippen LogP contribution in [0.1, 0.15) is 48.6 Å². The fourth-order valence-corrected chi connectivity index (χ4v) is 2.12. The van der Waals surface area contributed by atoms with Gasteiger partial charge < -0.3 is 0 Å². The summed E-state index contributed by atoms with van der Waals surface area (Å²) in [6.07, 6.45) is 4.06. The molecule has 0 saturated heterocycles. The third-order valence-corrected chi connectivity index (χ3v) is 3.62. The first-order valence-electron chi connectivity index (χ1n) is 8.30. The van der Waals surface area contributed by atoms with Gasteiger partial charge in [-0.1, -0.05) is 69.3 Å². The van der Waals surface area contributed by atoms with Gasteiger partial charge in [-0.25, -0.2) is 0 Å². The first-order valence-corrected chi connectivity index (χ1v) is 8.30. The lowest BCUT2D eigenvalue weighted by atomic mass is 9.99. The molecule has 0 saturated carbocycles. The first kappa shape index (κ1) is 20.2. The Morgan fingerprint density at radius 1 is 0.864 bits per heavy atom. The van der Waals surface area contributed by atoms with E-state index < -0.39 is 0 Å². The van der Waals surface area contributed by atoms with E-state index in [4.69, 9.17) is 0 Å². The van der Waals surface area contributed by atoms with Crippen molar-refractivity contribution >= 4 is 0 Å². The molecule has 22 heavy (non-hydrogen) atoms. The molecule has 0 bridgehead atoms. The SMILES string of the molecule is C=CCc1cc(C)c(C)c(C)c1.CC.CCc1ccccc1. The van der Waals surface area contributed by atoms with Crippen LogP contribution in [-0.4, -0.2) is 0 Å². The molecule has 0 N–H and O–H groups in total. The molecular weight excluding hydrogens is 264 g/mol. The number of allylic oxidation sites excluding steroid dienone is 1. The average Bonchev–Trinajstić information content (AvgIpc) is 2.56. The summed E-state index contributed by atoms with van der Waals surface area (Å²) in [7, 11) is 0. The summed E-state index contributed by atoms with van der Waals surface area (Å²) in [6, 6.07) is 14.9.